The number of pyridine rings is 2. The summed E-state index contributed by atoms with van der Waals surface area (Å²) in [6, 6.07) is 111. The number of aromatic hydroxyl groups is 2. The van der Waals surface area contributed by atoms with Crippen molar-refractivity contribution in [2.75, 3.05) is 0 Å². The first-order chi connectivity index (χ1) is 59.3. The minimum Gasteiger partial charge on any atom is -0.507 e. The molecule has 0 amide bonds. The zero-order valence-electron chi connectivity index (χ0n) is 73.5. The molecule has 1 saturated heterocycles. The Kier molecular flexibility index (Phi) is 24.6. The number of benzene rings is 12. The Morgan fingerprint density at radius 2 is 0.685 bits per heavy atom. The molecule has 12 aromatic carbocycles. The average molecular weight is 1700 g/mol. The number of para-hydroxylation sites is 2. The largest absolute Gasteiger partial charge is 0.507 e. The molecular formula is C110H106BBrN6O6. The van der Waals surface area contributed by atoms with Crippen LogP contribution in [0.3, 0.4) is 0 Å². The van der Waals surface area contributed by atoms with Gasteiger partial charge in [-0.2, -0.15) is 0 Å². The zero-order valence-corrected chi connectivity index (χ0v) is 75.1. The zero-order chi connectivity index (χ0) is 87.5. The van der Waals surface area contributed by atoms with Crippen LogP contribution in [0.2, 0.25) is 0 Å². The van der Waals surface area contributed by atoms with Crippen molar-refractivity contribution in [2.24, 2.45) is 0 Å². The molecule has 5 heterocycles. The highest BCUT2D eigenvalue weighted by molar-refractivity contribution is 9.10. The molecule has 1 fully saturated rings. The standard InChI is InChI=1S/C52H47N3O2.C35H35BrN2O.C23H24BNO3/c1-51(2,3)40-33-43(49(56)44(34-40)52(4,5)6)50-54-47(39-25-18-26-41(31-39)57-46-32-38(29-30-53-46)35-19-10-7-11-20-35)48(37-23-14-9-15-24-37)55(50)45-28-17-16-27-42(45)36-21-12-8-13-22-36;1-34(2,3)25-21-27(31(39)28(22-25)35(4,5)6)33-37-32(36)30(24-17-11-8-12-18-24)38(33)29-20-14-13-19-26(29)23-15-9-7-10-16-23;1-22(2)23(3,4)28-24(27-22)19-11-8-12-20(16-19)26-21-15-18(13-14-25-21)17-9-6-5-7-10-17/h7-34,56H,1-6H3;7-22,39H,1-6H3;5-16H,1-4H3. The highest BCUT2D eigenvalue weighted by Crippen LogP contribution is 2.50. The first kappa shape index (κ1) is 86.0. The van der Waals surface area contributed by atoms with E-state index in [-0.39, 0.29) is 44.4 Å². The van der Waals surface area contributed by atoms with E-state index < -0.39 is 7.12 Å². The maximum atomic E-state index is 12.4. The van der Waals surface area contributed by atoms with Crippen LogP contribution in [0.5, 0.6) is 34.8 Å². The number of rotatable bonds is 16. The van der Waals surface area contributed by atoms with E-state index in [0.29, 0.717) is 40.5 Å². The Hall–Kier alpha value is -13.0. The third-order valence-electron chi connectivity index (χ3n) is 22.9. The molecule has 124 heavy (non-hydrogen) atoms. The van der Waals surface area contributed by atoms with Gasteiger partial charge in [-0.15, -0.1) is 0 Å². The lowest BCUT2D eigenvalue weighted by Crippen LogP contribution is -2.41. The summed E-state index contributed by atoms with van der Waals surface area (Å²) < 4.78 is 29.9. The van der Waals surface area contributed by atoms with Crippen LogP contribution in [0.4, 0.5) is 0 Å². The maximum absolute atomic E-state index is 12.4. The maximum Gasteiger partial charge on any atom is 0.494 e. The lowest BCUT2D eigenvalue weighted by Gasteiger charge is -2.32. The Morgan fingerprint density at radius 1 is 0.331 bits per heavy atom. The molecule has 4 aromatic heterocycles. The average Bonchev–Trinajstić information content (AvgIpc) is 1.57. The van der Waals surface area contributed by atoms with Crippen molar-refractivity contribution in [3.05, 3.63) is 367 Å². The Morgan fingerprint density at radius 3 is 1.10 bits per heavy atom. The van der Waals surface area contributed by atoms with Crippen LogP contribution in [0, 0.1) is 0 Å². The van der Waals surface area contributed by atoms with Gasteiger partial charge in [-0.3, -0.25) is 9.13 Å². The quantitative estimate of drug-likeness (QED) is 0.0899. The topological polar surface area (TPSA) is 139 Å². The lowest BCUT2D eigenvalue weighted by atomic mass is 9.78. The molecule has 0 radical (unpaired) electrons. The van der Waals surface area contributed by atoms with E-state index in [0.717, 1.165) is 128 Å². The molecule has 2 N–H and O–H groups in total. The number of aromatic nitrogens is 6. The monoisotopic (exact) mass is 1700 g/mol. The molecule has 12 nitrogen and oxygen atoms in total. The summed E-state index contributed by atoms with van der Waals surface area (Å²) in [5.74, 6) is 4.22. The van der Waals surface area contributed by atoms with E-state index in [1.54, 1.807) is 12.4 Å². The molecule has 0 bridgehead atoms. The molecule has 0 aliphatic carbocycles. The van der Waals surface area contributed by atoms with Gasteiger partial charge in [0.25, 0.3) is 0 Å². The van der Waals surface area contributed by atoms with Crippen molar-refractivity contribution >= 4 is 28.5 Å². The number of hydrogen-bond acceptors (Lipinski definition) is 10. The third-order valence-corrected chi connectivity index (χ3v) is 23.5. The first-order valence-electron chi connectivity index (χ1n) is 42.3. The normalized spacial score (nSPS) is 13.2. The van der Waals surface area contributed by atoms with Crippen LogP contribution in [0.25, 0.3) is 112 Å². The SMILES string of the molecule is CC(C)(C)c1cc(-c2nc(-c3cccc(Oc4cc(-c5ccccc5)ccn4)c3)c(-c3ccccc3)n2-c2ccccc2-c2ccccc2)c(O)c(C(C)(C)C)c1.CC(C)(C)c1cc(-c2nc(Br)c(-c3ccccc3)n2-c2ccccc2-c2ccccc2)c(O)c(C(C)(C)C)c1.CC1(C)OB(c2cccc(Oc3cc(-c4ccccc4)ccn3)c2)OC1(C)C. The summed E-state index contributed by atoms with van der Waals surface area (Å²) in [6.45, 7) is 34.3. The van der Waals surface area contributed by atoms with Crippen molar-refractivity contribution in [3.63, 3.8) is 0 Å². The predicted octanol–water partition coefficient (Wildman–Crippen LogP) is 28.5. The van der Waals surface area contributed by atoms with E-state index in [1.807, 2.05) is 167 Å². The van der Waals surface area contributed by atoms with Crippen LogP contribution in [-0.2, 0) is 31.0 Å². The van der Waals surface area contributed by atoms with Gasteiger partial charge in [0, 0.05) is 63.5 Å². The van der Waals surface area contributed by atoms with Gasteiger partial charge in [0.15, 0.2) is 0 Å². The van der Waals surface area contributed by atoms with Gasteiger partial charge < -0.3 is 29.0 Å². The van der Waals surface area contributed by atoms with E-state index in [1.165, 1.54) is 0 Å². The summed E-state index contributed by atoms with van der Waals surface area (Å²) in [5, 5.41) is 24.2. The number of imidazole rings is 2. The van der Waals surface area contributed by atoms with Gasteiger partial charge in [-0.1, -0.05) is 338 Å². The van der Waals surface area contributed by atoms with E-state index in [9.17, 15) is 10.2 Å². The van der Waals surface area contributed by atoms with Crippen LogP contribution in [0.15, 0.2) is 345 Å². The summed E-state index contributed by atoms with van der Waals surface area (Å²) in [5.41, 5.74) is 20.8. The minimum atomic E-state index is -0.419. The van der Waals surface area contributed by atoms with E-state index in [4.69, 9.17) is 28.8 Å². The van der Waals surface area contributed by atoms with Crippen LogP contribution < -0.4 is 14.9 Å². The highest BCUT2D eigenvalue weighted by Gasteiger charge is 2.52. The molecule has 0 unspecified atom stereocenters. The van der Waals surface area contributed by atoms with Crippen molar-refractivity contribution < 1.29 is 29.0 Å². The minimum absolute atomic E-state index is 0.110. The van der Waals surface area contributed by atoms with Crippen LogP contribution >= 0.6 is 15.9 Å². The molecule has 17 rings (SSSR count). The fourth-order valence-electron chi connectivity index (χ4n) is 15.4. The first-order valence-corrected chi connectivity index (χ1v) is 43.1. The second-order valence-corrected chi connectivity index (χ2v) is 37.4. The third kappa shape index (κ3) is 18.8. The Bertz CT molecular complexity index is 6430. The summed E-state index contributed by atoms with van der Waals surface area (Å²) in [6.07, 6.45) is 3.53. The van der Waals surface area contributed by atoms with Gasteiger partial charge in [0.05, 0.1) is 50.8 Å². The van der Waals surface area contributed by atoms with Gasteiger partial charge in [0.1, 0.15) is 39.3 Å². The molecule has 0 spiro atoms. The molecule has 622 valence electrons. The van der Waals surface area contributed by atoms with Crippen LogP contribution in [0.1, 0.15) is 133 Å². The van der Waals surface area contributed by atoms with Crippen molar-refractivity contribution in [2.45, 2.75) is 144 Å². The molecule has 0 saturated carbocycles. The molecule has 16 aromatic rings. The number of hydrogen-bond donors (Lipinski definition) is 2. The van der Waals surface area contributed by atoms with Crippen molar-refractivity contribution in [1.29, 1.82) is 0 Å². The predicted molar refractivity (Wildman–Crippen MR) is 513 cm³/mol. The van der Waals surface area contributed by atoms with E-state index in [2.05, 4.69) is 306 Å². The van der Waals surface area contributed by atoms with Gasteiger partial charge in [-0.25, -0.2) is 19.9 Å². The smallest absolute Gasteiger partial charge is 0.494 e. The number of halogens is 1. The number of phenolic OH excluding ortho intramolecular Hbond substituents is 2. The number of ether oxygens (including phenoxy) is 2. The number of phenols is 2. The molecular weight excluding hydrogens is 1590 g/mol. The highest BCUT2D eigenvalue weighted by atomic mass is 79.9. The summed E-state index contributed by atoms with van der Waals surface area (Å²) >= 11 is 3.81. The Labute approximate surface area is 739 Å². The fraction of sp³-hybridized carbons (Fsp3) is 0.200. The van der Waals surface area contributed by atoms with Crippen LogP contribution in [-0.4, -0.2) is 57.6 Å². The molecule has 14 heteroatoms. The van der Waals surface area contributed by atoms with E-state index >= 15 is 0 Å². The van der Waals surface area contributed by atoms with Gasteiger partial charge in [-0.05, 0) is 176 Å². The van der Waals surface area contributed by atoms with Gasteiger partial charge in [0.2, 0.25) is 11.8 Å². The summed E-state index contributed by atoms with van der Waals surface area (Å²) in [7, 11) is -0.419. The van der Waals surface area contributed by atoms with Crippen molar-refractivity contribution in [3.8, 4) is 147 Å². The lowest BCUT2D eigenvalue weighted by molar-refractivity contribution is 0.00578. The Balaban J connectivity index is 0.000000154. The molecule has 0 atom stereocenters. The van der Waals surface area contributed by atoms with Gasteiger partial charge >= 0.3 is 7.12 Å². The second-order valence-electron chi connectivity index (χ2n) is 36.6. The fourth-order valence-corrected chi connectivity index (χ4v) is 16.0. The molecule has 1 aliphatic heterocycles. The molecule has 1 aliphatic rings. The second kappa shape index (κ2) is 35.5. The van der Waals surface area contributed by atoms with Crippen molar-refractivity contribution in [1.82, 2.24) is 29.1 Å². The summed E-state index contributed by atoms with van der Waals surface area (Å²) in [4.78, 5) is 19.6. The number of nitrogens with zero attached hydrogens (tertiary/aromatic N) is 6.